The highest BCUT2D eigenvalue weighted by molar-refractivity contribution is 7.92. The molecule has 1 amide bonds. The maximum atomic E-state index is 13.6. The monoisotopic (exact) mass is 605 g/mol. The second kappa shape index (κ2) is 13.2. The maximum Gasteiger partial charge on any atom is 0.263 e. The molecule has 4 aromatic rings. The Hall–Kier alpha value is -4.46. The number of carbonyl (C=O) groups is 1. The molecule has 2 heterocycles. The zero-order valence-corrected chi connectivity index (χ0v) is 25.1. The Morgan fingerprint density at radius 1 is 0.814 bits per heavy atom. The molecule has 0 unspecified atom stereocenters. The molecule has 0 spiro atoms. The standard InChI is InChI=1S/C30H35N7O5S/c1-4-36-12-14-37(15-13-36)20-28(38)31-21-8-7-9-25(18-21)43(39,40)35-30-29(33-26-10-5-6-11-27(26)34-30)32-22-16-23(41-2)19-24(17-22)42-3/h5-11,16-19H,4,12-15,20H2,1-3H3,(H,31,38)(H,32,33)(H,34,35). The molecular formula is C30H35N7O5S. The van der Waals surface area contributed by atoms with Crippen LogP contribution in [0.4, 0.5) is 23.0 Å². The molecule has 226 valence electrons. The lowest BCUT2D eigenvalue weighted by Crippen LogP contribution is -2.48. The van der Waals surface area contributed by atoms with E-state index in [4.69, 9.17) is 9.47 Å². The van der Waals surface area contributed by atoms with Crippen molar-refractivity contribution in [1.29, 1.82) is 0 Å². The number of hydrogen-bond donors (Lipinski definition) is 3. The summed E-state index contributed by atoms with van der Waals surface area (Å²) in [7, 11) is -1.05. The van der Waals surface area contributed by atoms with Crippen molar-refractivity contribution < 1.29 is 22.7 Å². The van der Waals surface area contributed by atoms with Crippen LogP contribution in [0.3, 0.4) is 0 Å². The van der Waals surface area contributed by atoms with E-state index in [-0.39, 0.29) is 29.0 Å². The number of anilines is 4. The maximum absolute atomic E-state index is 13.6. The normalized spacial score (nSPS) is 14.3. The van der Waals surface area contributed by atoms with Crippen LogP contribution in [0.5, 0.6) is 11.5 Å². The molecule has 13 heteroatoms. The van der Waals surface area contributed by atoms with Crippen molar-refractivity contribution in [3.05, 3.63) is 66.7 Å². The average Bonchev–Trinajstić information content (AvgIpc) is 3.01. The third-order valence-electron chi connectivity index (χ3n) is 7.12. The number of sulfonamides is 1. The van der Waals surface area contributed by atoms with Gasteiger partial charge in [-0.1, -0.05) is 25.1 Å². The van der Waals surface area contributed by atoms with Crippen LogP contribution in [0.1, 0.15) is 6.92 Å². The predicted molar refractivity (Wildman–Crippen MR) is 167 cm³/mol. The molecule has 12 nitrogen and oxygen atoms in total. The smallest absolute Gasteiger partial charge is 0.263 e. The Balaban J connectivity index is 1.37. The lowest BCUT2D eigenvalue weighted by Gasteiger charge is -2.33. The highest BCUT2D eigenvalue weighted by atomic mass is 32.2. The summed E-state index contributed by atoms with van der Waals surface area (Å²) in [5.74, 6) is 1.07. The number of benzene rings is 3. The number of para-hydroxylation sites is 2. The van der Waals surface area contributed by atoms with Crippen molar-refractivity contribution in [2.75, 3.05) is 68.8 Å². The Morgan fingerprint density at radius 3 is 2.07 bits per heavy atom. The van der Waals surface area contributed by atoms with Crippen molar-refractivity contribution in [2.24, 2.45) is 0 Å². The van der Waals surface area contributed by atoms with Crippen LogP contribution in [-0.2, 0) is 14.8 Å². The third-order valence-corrected chi connectivity index (χ3v) is 8.46. The fourth-order valence-electron chi connectivity index (χ4n) is 4.77. The van der Waals surface area contributed by atoms with Crippen molar-refractivity contribution in [3.8, 4) is 11.5 Å². The van der Waals surface area contributed by atoms with Crippen LogP contribution in [0, 0.1) is 0 Å². The molecule has 3 aromatic carbocycles. The zero-order chi connectivity index (χ0) is 30.4. The van der Waals surface area contributed by atoms with Gasteiger partial charge in [0, 0.05) is 55.8 Å². The molecule has 0 radical (unpaired) electrons. The van der Waals surface area contributed by atoms with Gasteiger partial charge in [-0.3, -0.25) is 14.4 Å². The number of rotatable bonds is 11. The van der Waals surface area contributed by atoms with E-state index in [1.54, 1.807) is 48.5 Å². The van der Waals surface area contributed by atoms with Crippen LogP contribution in [0.15, 0.2) is 71.6 Å². The van der Waals surface area contributed by atoms with Gasteiger partial charge in [0.05, 0.1) is 36.7 Å². The summed E-state index contributed by atoms with van der Waals surface area (Å²) in [6.07, 6.45) is 0. The number of carbonyl (C=O) groups excluding carboxylic acids is 1. The first-order valence-electron chi connectivity index (χ1n) is 13.9. The first kappa shape index (κ1) is 30.0. The van der Waals surface area contributed by atoms with Gasteiger partial charge in [0.2, 0.25) is 5.91 Å². The van der Waals surface area contributed by atoms with Crippen LogP contribution < -0.4 is 24.8 Å². The molecule has 0 aliphatic carbocycles. The minimum atomic E-state index is -4.13. The van der Waals surface area contributed by atoms with E-state index in [2.05, 4.69) is 42.0 Å². The van der Waals surface area contributed by atoms with Gasteiger partial charge in [-0.05, 0) is 36.9 Å². The molecule has 0 bridgehead atoms. The summed E-state index contributed by atoms with van der Waals surface area (Å²) in [5, 5.41) is 5.98. The number of nitrogens with one attached hydrogen (secondary N) is 3. The highest BCUT2D eigenvalue weighted by Crippen LogP contribution is 2.31. The summed E-state index contributed by atoms with van der Waals surface area (Å²) in [6, 6.07) is 18.4. The average molecular weight is 606 g/mol. The molecule has 1 aliphatic heterocycles. The first-order chi connectivity index (χ1) is 20.8. The number of likely N-dealkylation sites (N-methyl/N-ethyl adjacent to an activating group) is 1. The minimum Gasteiger partial charge on any atom is -0.497 e. The number of amides is 1. The van der Waals surface area contributed by atoms with Crippen LogP contribution >= 0.6 is 0 Å². The minimum absolute atomic E-state index is 0.00106. The molecule has 43 heavy (non-hydrogen) atoms. The van der Waals surface area contributed by atoms with Gasteiger partial charge in [0.25, 0.3) is 10.0 Å². The number of aromatic nitrogens is 2. The fraction of sp³-hybridized carbons (Fsp3) is 0.300. The summed E-state index contributed by atoms with van der Waals surface area (Å²) in [4.78, 5) is 26.3. The number of hydrogen-bond acceptors (Lipinski definition) is 10. The quantitative estimate of drug-likeness (QED) is 0.232. The van der Waals surface area contributed by atoms with Crippen molar-refractivity contribution in [1.82, 2.24) is 19.8 Å². The molecule has 1 fully saturated rings. The Bertz CT molecular complexity index is 1690. The SMILES string of the molecule is CCN1CCN(CC(=O)Nc2cccc(S(=O)(=O)Nc3nc4ccccc4nc3Nc3cc(OC)cc(OC)c3)c2)CC1. The van der Waals surface area contributed by atoms with Crippen LogP contribution in [0.2, 0.25) is 0 Å². The van der Waals surface area contributed by atoms with Gasteiger partial charge < -0.3 is 25.0 Å². The van der Waals surface area contributed by atoms with Gasteiger partial charge >= 0.3 is 0 Å². The Kier molecular flexibility index (Phi) is 9.24. The Morgan fingerprint density at radius 2 is 1.44 bits per heavy atom. The van der Waals surface area contributed by atoms with Crippen molar-refractivity contribution in [2.45, 2.75) is 11.8 Å². The largest absolute Gasteiger partial charge is 0.497 e. The summed E-state index contributed by atoms with van der Waals surface area (Å²) < 4.78 is 40.5. The van der Waals surface area contributed by atoms with Gasteiger partial charge in [0.15, 0.2) is 11.6 Å². The topological polar surface area (TPSA) is 138 Å². The predicted octanol–water partition coefficient (Wildman–Crippen LogP) is 3.77. The number of ether oxygens (including phenoxy) is 2. The molecular weight excluding hydrogens is 570 g/mol. The van der Waals surface area contributed by atoms with Crippen molar-refractivity contribution in [3.63, 3.8) is 0 Å². The highest BCUT2D eigenvalue weighted by Gasteiger charge is 2.21. The number of piperazine rings is 1. The second-order valence-corrected chi connectivity index (χ2v) is 11.7. The van der Waals surface area contributed by atoms with Crippen LogP contribution in [0.25, 0.3) is 11.0 Å². The molecule has 3 N–H and O–H groups in total. The van der Waals surface area contributed by atoms with E-state index in [1.807, 2.05) is 6.07 Å². The van der Waals surface area contributed by atoms with Gasteiger partial charge in [-0.2, -0.15) is 0 Å². The summed E-state index contributed by atoms with van der Waals surface area (Å²) >= 11 is 0. The number of methoxy groups -OCH3 is 2. The lowest BCUT2D eigenvalue weighted by molar-refractivity contribution is -0.117. The lowest BCUT2D eigenvalue weighted by atomic mass is 10.2. The molecule has 0 atom stereocenters. The van der Waals surface area contributed by atoms with Gasteiger partial charge in [-0.15, -0.1) is 0 Å². The van der Waals surface area contributed by atoms with E-state index >= 15 is 0 Å². The summed E-state index contributed by atoms with van der Waals surface area (Å²) in [6.45, 7) is 6.82. The van der Waals surface area contributed by atoms with Gasteiger partial charge in [0.1, 0.15) is 11.5 Å². The molecule has 1 saturated heterocycles. The van der Waals surface area contributed by atoms with E-state index < -0.39 is 10.0 Å². The van der Waals surface area contributed by atoms with E-state index in [1.165, 1.54) is 26.4 Å². The third kappa shape index (κ3) is 7.49. The molecule has 1 aliphatic rings. The van der Waals surface area contributed by atoms with E-state index in [0.717, 1.165) is 32.7 Å². The molecule has 1 aromatic heterocycles. The Labute approximate surface area is 251 Å². The van der Waals surface area contributed by atoms with Crippen LogP contribution in [-0.4, -0.2) is 87.6 Å². The molecule has 5 rings (SSSR count). The van der Waals surface area contributed by atoms with Gasteiger partial charge in [-0.25, -0.2) is 18.4 Å². The second-order valence-electron chi connectivity index (χ2n) is 10.0. The first-order valence-corrected chi connectivity index (χ1v) is 15.4. The molecule has 0 saturated carbocycles. The fourth-order valence-corrected chi connectivity index (χ4v) is 5.82. The van der Waals surface area contributed by atoms with Crippen molar-refractivity contribution >= 4 is 50.0 Å². The van der Waals surface area contributed by atoms with E-state index in [9.17, 15) is 13.2 Å². The number of fused-ring (bicyclic) bond motifs is 1. The number of nitrogens with zero attached hydrogens (tertiary/aromatic N) is 4. The van der Waals surface area contributed by atoms with E-state index in [0.29, 0.717) is 33.9 Å². The zero-order valence-electron chi connectivity index (χ0n) is 24.3. The summed E-state index contributed by atoms with van der Waals surface area (Å²) in [5.41, 5.74) is 2.02.